The van der Waals surface area contributed by atoms with Crippen LogP contribution < -0.4 is 10.1 Å². The highest BCUT2D eigenvalue weighted by molar-refractivity contribution is 14.0. The number of nitrogens with zero attached hydrogens (tertiary/aromatic N) is 3. The summed E-state index contributed by atoms with van der Waals surface area (Å²) in [4.78, 5) is 19.5. The van der Waals surface area contributed by atoms with Crippen molar-refractivity contribution in [2.24, 2.45) is 4.99 Å². The lowest BCUT2D eigenvalue weighted by molar-refractivity contribution is -0.127. The molecule has 7 heteroatoms. The molecule has 0 saturated heterocycles. The van der Waals surface area contributed by atoms with Crippen molar-refractivity contribution in [3.05, 3.63) is 30.3 Å². The van der Waals surface area contributed by atoms with E-state index in [1.54, 1.807) is 14.1 Å². The van der Waals surface area contributed by atoms with Crippen molar-refractivity contribution in [3.63, 3.8) is 0 Å². The second-order valence-electron chi connectivity index (χ2n) is 5.04. The maximum Gasteiger partial charge on any atom is 0.243 e. The van der Waals surface area contributed by atoms with E-state index in [9.17, 15) is 4.79 Å². The third-order valence-electron chi connectivity index (χ3n) is 3.00. The van der Waals surface area contributed by atoms with Crippen LogP contribution in [0.1, 0.15) is 6.92 Å². The Balaban J connectivity index is 0.00000484. The Morgan fingerprint density at radius 3 is 2.43 bits per heavy atom. The van der Waals surface area contributed by atoms with Gasteiger partial charge < -0.3 is 19.9 Å². The van der Waals surface area contributed by atoms with Crippen molar-refractivity contribution in [2.45, 2.75) is 6.92 Å². The third kappa shape index (κ3) is 8.63. The van der Waals surface area contributed by atoms with E-state index >= 15 is 0 Å². The lowest BCUT2D eigenvalue weighted by Crippen LogP contribution is -2.41. The molecule has 1 N–H and O–H groups in total. The molecular weight excluding hydrogens is 407 g/mol. The normalized spacial score (nSPS) is 10.5. The Kier molecular flexibility index (Phi) is 11.2. The molecular formula is C16H27IN4O2. The second kappa shape index (κ2) is 12.0. The number of likely N-dealkylation sites (N-methyl/N-ethyl adjacent to an activating group) is 2. The molecule has 0 radical (unpaired) electrons. The van der Waals surface area contributed by atoms with Gasteiger partial charge in [-0.15, -0.1) is 24.0 Å². The van der Waals surface area contributed by atoms with Crippen LogP contribution in [0.2, 0.25) is 0 Å². The zero-order valence-corrected chi connectivity index (χ0v) is 16.6. The fourth-order valence-electron chi connectivity index (χ4n) is 1.68. The first-order valence-electron chi connectivity index (χ1n) is 7.42. The largest absolute Gasteiger partial charge is 0.492 e. The number of benzene rings is 1. The number of ether oxygens (including phenoxy) is 1. The molecule has 1 aromatic carbocycles. The Morgan fingerprint density at radius 2 is 1.87 bits per heavy atom. The molecule has 0 aliphatic carbocycles. The number of aliphatic imine (C=N–C) groups is 1. The number of amides is 1. The van der Waals surface area contributed by atoms with Gasteiger partial charge in [-0.2, -0.15) is 0 Å². The van der Waals surface area contributed by atoms with E-state index in [4.69, 9.17) is 4.74 Å². The van der Waals surface area contributed by atoms with E-state index in [2.05, 4.69) is 10.3 Å². The summed E-state index contributed by atoms with van der Waals surface area (Å²) in [6.45, 7) is 4.11. The molecule has 0 aliphatic rings. The van der Waals surface area contributed by atoms with Gasteiger partial charge in [0.15, 0.2) is 5.96 Å². The Hall–Kier alpha value is -1.51. The first kappa shape index (κ1) is 21.5. The van der Waals surface area contributed by atoms with Gasteiger partial charge in [0.2, 0.25) is 5.91 Å². The van der Waals surface area contributed by atoms with Crippen molar-refractivity contribution in [1.29, 1.82) is 0 Å². The molecule has 130 valence electrons. The molecule has 1 rings (SSSR count). The van der Waals surface area contributed by atoms with E-state index in [1.807, 2.05) is 49.2 Å². The van der Waals surface area contributed by atoms with E-state index < -0.39 is 0 Å². The minimum absolute atomic E-state index is 0. The smallest absolute Gasteiger partial charge is 0.243 e. The van der Waals surface area contributed by atoms with Gasteiger partial charge in [-0.1, -0.05) is 18.2 Å². The van der Waals surface area contributed by atoms with Crippen molar-refractivity contribution in [2.75, 3.05) is 47.4 Å². The lowest BCUT2D eigenvalue weighted by Gasteiger charge is -2.22. The molecule has 1 amide bonds. The summed E-state index contributed by atoms with van der Waals surface area (Å²) in [5.74, 6) is 1.53. The summed E-state index contributed by atoms with van der Waals surface area (Å²) in [5, 5.41) is 3.17. The molecule has 0 heterocycles. The number of hydrogen-bond acceptors (Lipinski definition) is 3. The third-order valence-corrected chi connectivity index (χ3v) is 3.00. The molecule has 6 nitrogen and oxygen atoms in total. The Bertz CT molecular complexity index is 480. The molecule has 0 spiro atoms. The highest BCUT2D eigenvalue weighted by atomic mass is 127. The van der Waals surface area contributed by atoms with Crippen LogP contribution in [0.15, 0.2) is 35.3 Å². The Labute approximate surface area is 155 Å². The van der Waals surface area contributed by atoms with Crippen LogP contribution in [-0.2, 0) is 4.79 Å². The highest BCUT2D eigenvalue weighted by Gasteiger charge is 2.08. The van der Waals surface area contributed by atoms with Crippen LogP contribution in [-0.4, -0.2) is 69.1 Å². The predicted octanol–water partition coefficient (Wildman–Crippen LogP) is 1.67. The minimum Gasteiger partial charge on any atom is -0.492 e. The van der Waals surface area contributed by atoms with E-state index in [0.717, 1.165) is 12.3 Å². The van der Waals surface area contributed by atoms with E-state index in [-0.39, 0.29) is 36.4 Å². The summed E-state index contributed by atoms with van der Waals surface area (Å²) < 4.78 is 5.67. The number of carbonyl (C=O) groups is 1. The van der Waals surface area contributed by atoms with Gasteiger partial charge in [0.05, 0.1) is 6.54 Å². The van der Waals surface area contributed by atoms with Crippen LogP contribution in [0.25, 0.3) is 0 Å². The summed E-state index contributed by atoms with van der Waals surface area (Å²) in [7, 11) is 5.38. The van der Waals surface area contributed by atoms with Gasteiger partial charge in [-0.25, -0.2) is 4.99 Å². The van der Waals surface area contributed by atoms with Gasteiger partial charge in [0.25, 0.3) is 0 Å². The molecule has 23 heavy (non-hydrogen) atoms. The van der Waals surface area contributed by atoms with Gasteiger partial charge in [-0.05, 0) is 19.1 Å². The van der Waals surface area contributed by atoms with Crippen molar-refractivity contribution in [3.8, 4) is 5.75 Å². The minimum atomic E-state index is -0.0238. The fourth-order valence-corrected chi connectivity index (χ4v) is 1.68. The zero-order valence-electron chi connectivity index (χ0n) is 14.3. The van der Waals surface area contributed by atoms with Gasteiger partial charge in [-0.3, -0.25) is 4.79 Å². The highest BCUT2D eigenvalue weighted by Crippen LogP contribution is 2.07. The second-order valence-corrected chi connectivity index (χ2v) is 5.04. The molecule has 0 saturated carbocycles. The quantitative estimate of drug-likeness (QED) is 0.403. The maximum absolute atomic E-state index is 11.6. The first-order valence-corrected chi connectivity index (χ1v) is 7.42. The molecule has 0 atom stereocenters. The molecule has 1 aromatic rings. The molecule has 0 unspecified atom stereocenters. The fraction of sp³-hybridized carbons (Fsp3) is 0.500. The van der Waals surface area contributed by atoms with Crippen molar-refractivity contribution < 1.29 is 9.53 Å². The Morgan fingerprint density at radius 1 is 1.22 bits per heavy atom. The summed E-state index contributed by atoms with van der Waals surface area (Å²) in [6, 6.07) is 9.69. The number of hydrogen-bond donors (Lipinski definition) is 1. The predicted molar refractivity (Wildman–Crippen MR) is 105 cm³/mol. The molecule has 0 fully saturated rings. The van der Waals surface area contributed by atoms with Crippen molar-refractivity contribution >= 4 is 35.8 Å². The van der Waals surface area contributed by atoms with Crippen molar-refractivity contribution in [1.82, 2.24) is 15.1 Å². The zero-order chi connectivity index (χ0) is 16.4. The number of guanidine groups is 1. The van der Waals surface area contributed by atoms with E-state index in [1.165, 1.54) is 4.90 Å². The molecule has 0 aliphatic heterocycles. The topological polar surface area (TPSA) is 57.2 Å². The van der Waals surface area contributed by atoms with Crippen LogP contribution in [0.4, 0.5) is 0 Å². The average molecular weight is 434 g/mol. The standard InChI is InChI=1S/C16H26N4O2.HI/c1-5-17-16(18-13-15(21)19(2)3)20(4)11-12-22-14-9-7-6-8-10-14;/h6-10H,5,11-13H2,1-4H3,(H,17,18);1H. The number of halogens is 1. The lowest BCUT2D eigenvalue weighted by atomic mass is 10.3. The number of nitrogens with one attached hydrogen (secondary N) is 1. The average Bonchev–Trinajstić information content (AvgIpc) is 2.51. The summed E-state index contributed by atoms with van der Waals surface area (Å²) in [6.07, 6.45) is 0. The number of carbonyl (C=O) groups excluding carboxylic acids is 1. The van der Waals surface area contributed by atoms with E-state index in [0.29, 0.717) is 19.1 Å². The van der Waals surface area contributed by atoms with Crippen LogP contribution in [0.3, 0.4) is 0 Å². The van der Waals surface area contributed by atoms with Crippen LogP contribution in [0.5, 0.6) is 5.75 Å². The first-order chi connectivity index (χ1) is 10.5. The van der Waals surface area contributed by atoms with Gasteiger partial charge in [0, 0.05) is 27.7 Å². The van der Waals surface area contributed by atoms with Gasteiger partial charge in [0.1, 0.15) is 18.9 Å². The summed E-state index contributed by atoms with van der Waals surface area (Å²) in [5.41, 5.74) is 0. The SMILES string of the molecule is CCNC(=NCC(=O)N(C)C)N(C)CCOc1ccccc1.I. The maximum atomic E-state index is 11.6. The molecule has 0 aromatic heterocycles. The molecule has 0 bridgehead atoms. The van der Waals surface area contributed by atoms with Crippen LogP contribution in [0, 0.1) is 0 Å². The summed E-state index contributed by atoms with van der Waals surface area (Å²) >= 11 is 0. The number of para-hydroxylation sites is 1. The van der Waals surface area contributed by atoms with Crippen LogP contribution >= 0.6 is 24.0 Å². The monoisotopic (exact) mass is 434 g/mol. The number of rotatable bonds is 7. The van der Waals surface area contributed by atoms with Gasteiger partial charge >= 0.3 is 0 Å².